The Morgan fingerprint density at radius 2 is 0.758 bits per heavy atom. The Morgan fingerprint density at radius 1 is 0.485 bits per heavy atom. The Bertz CT molecular complexity index is 671. The fourth-order valence-corrected chi connectivity index (χ4v) is 2.10. The Kier molecular flexibility index (Phi) is 7.76. The van der Waals surface area contributed by atoms with E-state index in [1.807, 2.05) is 0 Å². The van der Waals surface area contributed by atoms with Crippen LogP contribution in [0.2, 0.25) is 0 Å². The minimum atomic E-state index is -9.01. The Hall–Kier alpha value is -1.37. The molecule has 0 aromatic heterocycles. The van der Waals surface area contributed by atoms with E-state index in [2.05, 4.69) is 0 Å². The zero-order valence-corrected chi connectivity index (χ0v) is 15.1. The molecule has 1 atom stereocenters. The van der Waals surface area contributed by atoms with E-state index in [0.717, 1.165) is 0 Å². The zero-order valence-electron chi connectivity index (χ0n) is 15.1. The first-order valence-electron chi connectivity index (χ1n) is 7.69. The third-order valence-corrected chi connectivity index (χ3v) is 4.13. The second-order valence-corrected chi connectivity index (χ2v) is 6.62. The maximum Gasteiger partial charge on any atom is 0.438 e. The van der Waals surface area contributed by atoms with Gasteiger partial charge in [0.2, 0.25) is 0 Å². The van der Waals surface area contributed by atoms with Gasteiger partial charge in [0.15, 0.2) is 0 Å². The highest BCUT2D eigenvalue weighted by Gasteiger charge is 2.98. The summed E-state index contributed by atoms with van der Waals surface area (Å²) in [5.74, 6) is -49.8. The van der Waals surface area contributed by atoms with Crippen molar-refractivity contribution in [1.29, 1.82) is 0 Å². The number of aliphatic hydroxyl groups excluding tert-OH is 1. The lowest BCUT2D eigenvalue weighted by Crippen LogP contribution is -2.77. The summed E-state index contributed by atoms with van der Waals surface area (Å²) in [4.78, 5) is 0. The molecule has 0 aliphatic rings. The topological polar surface area (TPSA) is 20.2 Å². The average Bonchev–Trinajstić information content (AvgIpc) is 2.56. The molecule has 0 aliphatic heterocycles. The second kappa shape index (κ2) is 8.10. The molecular formula is C13H9F19O. The van der Waals surface area contributed by atoms with Gasteiger partial charge in [0.1, 0.15) is 0 Å². The van der Waals surface area contributed by atoms with Crippen LogP contribution in [0.25, 0.3) is 0 Å². The summed E-state index contributed by atoms with van der Waals surface area (Å²) >= 11 is 0. The molecule has 200 valence electrons. The lowest BCUT2D eigenvalue weighted by Gasteiger charge is -2.45. The molecule has 0 fully saturated rings. The minimum Gasteiger partial charge on any atom is -0.393 e. The number of alkyl halides is 19. The predicted molar refractivity (Wildman–Crippen MR) is 66.5 cm³/mol. The van der Waals surface area contributed by atoms with Crippen LogP contribution in [-0.4, -0.2) is 64.8 Å². The Balaban J connectivity index is 6.94. The summed E-state index contributed by atoms with van der Waals surface area (Å²) in [6.07, 6.45) is -23.0. The van der Waals surface area contributed by atoms with Gasteiger partial charge in [-0.25, -0.2) is 4.39 Å². The van der Waals surface area contributed by atoms with Crippen LogP contribution in [0, 0.1) is 0 Å². The lowest BCUT2D eigenvalue weighted by molar-refractivity contribution is -0.472. The fraction of sp³-hybridized carbons (Fsp3) is 1.00. The summed E-state index contributed by atoms with van der Waals surface area (Å²) in [5, 5.41) is 8.63. The van der Waals surface area contributed by atoms with Crippen molar-refractivity contribution in [2.45, 2.75) is 79.4 Å². The molecular weight excluding hydrogens is 533 g/mol. The number of hydrogen-bond acceptors (Lipinski definition) is 1. The van der Waals surface area contributed by atoms with Crippen LogP contribution < -0.4 is 0 Å². The summed E-state index contributed by atoms with van der Waals surface area (Å²) < 4.78 is 248. The number of aliphatic hydroxyl groups is 1. The van der Waals surface area contributed by atoms with Crippen LogP contribution >= 0.6 is 0 Å². The van der Waals surface area contributed by atoms with E-state index in [9.17, 15) is 83.4 Å². The van der Waals surface area contributed by atoms with Gasteiger partial charge in [-0.3, -0.25) is 0 Å². The molecule has 0 saturated carbocycles. The highest BCUT2D eigenvalue weighted by molar-refractivity contribution is 5.19. The summed E-state index contributed by atoms with van der Waals surface area (Å²) in [6, 6.07) is 0. The summed E-state index contributed by atoms with van der Waals surface area (Å²) in [5.41, 5.74) is -8.74. The van der Waals surface area contributed by atoms with Gasteiger partial charge in [0.05, 0.1) is 6.10 Å². The molecule has 0 aromatic carbocycles. The molecule has 0 saturated heterocycles. The van der Waals surface area contributed by atoms with Gasteiger partial charge in [-0.05, 0) is 13.3 Å². The number of halogens is 19. The van der Waals surface area contributed by atoms with Crippen LogP contribution in [0.1, 0.15) is 19.8 Å². The van der Waals surface area contributed by atoms with Crippen LogP contribution in [0.3, 0.4) is 0 Å². The van der Waals surface area contributed by atoms with Crippen molar-refractivity contribution >= 4 is 0 Å². The molecule has 0 spiro atoms. The third kappa shape index (κ3) is 4.28. The van der Waals surface area contributed by atoms with Gasteiger partial charge in [0.25, 0.3) is 0 Å². The normalized spacial score (nSPS) is 17.4. The van der Waals surface area contributed by atoms with Gasteiger partial charge >= 0.3 is 53.6 Å². The fourth-order valence-electron chi connectivity index (χ4n) is 2.10. The van der Waals surface area contributed by atoms with Gasteiger partial charge in [-0.1, -0.05) is 0 Å². The molecule has 0 bridgehead atoms. The molecule has 0 heterocycles. The Morgan fingerprint density at radius 3 is 1.03 bits per heavy atom. The first kappa shape index (κ1) is 31.6. The van der Waals surface area contributed by atoms with E-state index in [4.69, 9.17) is 5.11 Å². The van der Waals surface area contributed by atoms with Crippen molar-refractivity contribution < 1.29 is 88.5 Å². The highest BCUT2D eigenvalue weighted by Crippen LogP contribution is 2.66. The molecule has 0 aromatic rings. The van der Waals surface area contributed by atoms with Crippen LogP contribution in [0.4, 0.5) is 83.4 Å². The molecule has 1 nitrogen and oxygen atoms in total. The predicted octanol–water partition coefficient (Wildman–Crippen LogP) is 6.79. The summed E-state index contributed by atoms with van der Waals surface area (Å²) in [6.45, 7) is 0.533. The van der Waals surface area contributed by atoms with Crippen molar-refractivity contribution in [1.82, 2.24) is 0 Å². The van der Waals surface area contributed by atoms with Crippen molar-refractivity contribution in [3.63, 3.8) is 0 Å². The largest absolute Gasteiger partial charge is 0.438 e. The molecule has 1 unspecified atom stereocenters. The monoisotopic (exact) mass is 542 g/mol. The van der Waals surface area contributed by atoms with Crippen LogP contribution in [0.15, 0.2) is 0 Å². The average molecular weight is 542 g/mol. The minimum absolute atomic E-state index is 0.533. The lowest BCUT2D eigenvalue weighted by atomic mass is 9.83. The molecule has 20 heteroatoms. The van der Waals surface area contributed by atoms with Gasteiger partial charge in [0, 0.05) is 6.42 Å². The molecule has 1 N–H and O–H groups in total. The van der Waals surface area contributed by atoms with E-state index >= 15 is 0 Å². The van der Waals surface area contributed by atoms with E-state index in [-0.39, 0.29) is 0 Å². The third-order valence-electron chi connectivity index (χ3n) is 4.13. The van der Waals surface area contributed by atoms with Crippen molar-refractivity contribution in [2.24, 2.45) is 0 Å². The quantitative estimate of drug-likeness (QED) is 0.318. The zero-order chi connectivity index (χ0) is 27.5. The number of hydrogen-bond donors (Lipinski definition) is 1. The van der Waals surface area contributed by atoms with E-state index in [1.54, 1.807) is 0 Å². The molecule has 0 amide bonds. The number of rotatable bonds is 9. The van der Waals surface area contributed by atoms with Crippen LogP contribution in [0.5, 0.6) is 0 Å². The summed E-state index contributed by atoms with van der Waals surface area (Å²) in [7, 11) is 0. The van der Waals surface area contributed by atoms with Crippen molar-refractivity contribution in [3.05, 3.63) is 0 Å². The standard InChI is InChI=1S/C13H9F19O/c1-4(33)2-3-5(14,15)7(17,18)9(21,22)11(25,26)10(23,24)8(19,20)6(16,12(27,28)29)13(30,31)32/h4,33H,2-3H2,1H3. The van der Waals surface area contributed by atoms with Crippen molar-refractivity contribution in [3.8, 4) is 0 Å². The molecule has 0 aliphatic carbocycles. The SMILES string of the molecule is CC(O)CCC(F)(F)C(F)(F)C(F)(F)C(F)(F)C(F)(F)C(F)(F)C(F)(C(F)(F)F)C(F)(F)F. The first-order valence-corrected chi connectivity index (χ1v) is 7.69. The molecule has 0 radical (unpaired) electrons. The van der Waals surface area contributed by atoms with E-state index in [1.165, 1.54) is 0 Å². The van der Waals surface area contributed by atoms with E-state index < -0.39 is 72.5 Å². The molecule has 0 rings (SSSR count). The first-order chi connectivity index (χ1) is 13.9. The van der Waals surface area contributed by atoms with Crippen LogP contribution in [-0.2, 0) is 0 Å². The molecule has 33 heavy (non-hydrogen) atoms. The highest BCUT2D eigenvalue weighted by atomic mass is 19.4. The maximum absolute atomic E-state index is 13.5. The maximum atomic E-state index is 13.5. The Labute approximate surface area is 169 Å². The van der Waals surface area contributed by atoms with Gasteiger partial charge in [-0.15, -0.1) is 0 Å². The van der Waals surface area contributed by atoms with Crippen molar-refractivity contribution in [2.75, 3.05) is 0 Å². The van der Waals surface area contributed by atoms with Gasteiger partial charge < -0.3 is 5.11 Å². The van der Waals surface area contributed by atoms with E-state index in [0.29, 0.717) is 6.92 Å². The van der Waals surface area contributed by atoms with Gasteiger partial charge in [-0.2, -0.15) is 79.0 Å². The second-order valence-electron chi connectivity index (χ2n) is 6.62. The smallest absolute Gasteiger partial charge is 0.393 e.